The Labute approximate surface area is 180 Å². The Morgan fingerprint density at radius 1 is 1.24 bits per heavy atom. The number of aromatic nitrogens is 1. The number of para-hydroxylation sites is 1. The molecule has 5 nitrogen and oxygen atoms in total. The first-order valence-electron chi connectivity index (χ1n) is 10.0. The van der Waals surface area contributed by atoms with Crippen molar-refractivity contribution >= 4 is 57.1 Å². The van der Waals surface area contributed by atoms with Gasteiger partial charge in [0.15, 0.2) is 0 Å². The summed E-state index contributed by atoms with van der Waals surface area (Å²) in [5.41, 5.74) is 1.95. The maximum absolute atomic E-state index is 12.8. The number of amides is 2. The zero-order valence-electron chi connectivity index (χ0n) is 16.8. The number of thioether (sulfide) groups is 1. The van der Waals surface area contributed by atoms with E-state index in [9.17, 15) is 9.59 Å². The molecule has 0 aliphatic carbocycles. The van der Waals surface area contributed by atoms with Crippen LogP contribution in [-0.4, -0.2) is 50.1 Å². The molecule has 7 heteroatoms. The number of likely N-dealkylation sites (tertiary alicyclic amines) is 1. The number of rotatable bonds is 5. The largest absolute Gasteiger partial charge is 0.341 e. The maximum Gasteiger partial charge on any atom is 0.266 e. The van der Waals surface area contributed by atoms with E-state index in [1.54, 1.807) is 4.90 Å². The first-order valence-corrected chi connectivity index (χ1v) is 11.3. The summed E-state index contributed by atoms with van der Waals surface area (Å²) < 4.78 is 2.61. The molecule has 29 heavy (non-hydrogen) atoms. The van der Waals surface area contributed by atoms with Crippen LogP contribution in [0.5, 0.6) is 0 Å². The predicted molar refractivity (Wildman–Crippen MR) is 122 cm³/mol. The zero-order chi connectivity index (χ0) is 20.5. The highest BCUT2D eigenvalue weighted by molar-refractivity contribution is 8.26. The Morgan fingerprint density at radius 3 is 2.69 bits per heavy atom. The molecule has 2 aromatic rings. The van der Waals surface area contributed by atoms with Crippen LogP contribution < -0.4 is 0 Å². The van der Waals surface area contributed by atoms with E-state index >= 15 is 0 Å². The van der Waals surface area contributed by atoms with Crippen molar-refractivity contribution in [1.29, 1.82) is 0 Å². The van der Waals surface area contributed by atoms with Crippen molar-refractivity contribution in [3.8, 4) is 0 Å². The van der Waals surface area contributed by atoms with E-state index in [1.165, 1.54) is 11.8 Å². The van der Waals surface area contributed by atoms with E-state index in [-0.39, 0.29) is 11.8 Å². The molecule has 4 rings (SSSR count). The number of hydrogen-bond donors (Lipinski definition) is 0. The standard InChI is InChI=1S/C22H25N3O2S2/c1-15(2)12-25-21(27)19(29-22(25)28)11-16-13-24(18-8-4-3-7-17(16)18)14-20(26)23-9-5-6-10-23/h3-4,7-8,11,13,15H,5-6,9-10,12,14H2,1-2H3/b19-11-. The normalized spacial score (nSPS) is 18.8. The van der Waals surface area contributed by atoms with E-state index in [2.05, 4.69) is 13.8 Å². The molecule has 2 saturated heterocycles. The fourth-order valence-corrected chi connectivity index (χ4v) is 5.16. The maximum atomic E-state index is 12.8. The van der Waals surface area contributed by atoms with E-state index in [1.807, 2.05) is 46.0 Å². The number of nitrogens with zero attached hydrogens (tertiary/aromatic N) is 3. The molecule has 2 aliphatic rings. The summed E-state index contributed by atoms with van der Waals surface area (Å²) in [6, 6.07) is 8.02. The number of fused-ring (bicyclic) bond motifs is 1. The van der Waals surface area contributed by atoms with Gasteiger partial charge in [0.25, 0.3) is 5.91 Å². The second-order valence-electron chi connectivity index (χ2n) is 8.00. The highest BCUT2D eigenvalue weighted by atomic mass is 32.2. The summed E-state index contributed by atoms with van der Waals surface area (Å²) in [6.45, 7) is 6.81. The molecule has 0 saturated carbocycles. The Kier molecular flexibility index (Phi) is 5.79. The molecule has 0 bridgehead atoms. The van der Waals surface area contributed by atoms with Gasteiger partial charge in [-0.05, 0) is 30.9 Å². The molecule has 1 aromatic carbocycles. The number of benzene rings is 1. The topological polar surface area (TPSA) is 45.6 Å². The number of carbonyl (C=O) groups excluding carboxylic acids is 2. The second-order valence-corrected chi connectivity index (χ2v) is 9.68. The van der Waals surface area contributed by atoms with Gasteiger partial charge in [-0.1, -0.05) is 56.0 Å². The van der Waals surface area contributed by atoms with Crippen molar-refractivity contribution in [1.82, 2.24) is 14.4 Å². The summed E-state index contributed by atoms with van der Waals surface area (Å²) >= 11 is 6.78. The third-order valence-corrected chi connectivity index (χ3v) is 6.67. The molecule has 0 spiro atoms. The van der Waals surface area contributed by atoms with Crippen molar-refractivity contribution in [3.05, 3.63) is 40.9 Å². The molecule has 152 valence electrons. The van der Waals surface area contributed by atoms with Gasteiger partial charge in [0.1, 0.15) is 10.9 Å². The fourth-order valence-electron chi connectivity index (χ4n) is 3.90. The van der Waals surface area contributed by atoms with Gasteiger partial charge >= 0.3 is 0 Å². The zero-order valence-corrected chi connectivity index (χ0v) is 18.4. The van der Waals surface area contributed by atoms with Gasteiger partial charge in [-0.25, -0.2) is 0 Å². The molecule has 0 atom stereocenters. The van der Waals surface area contributed by atoms with Gasteiger partial charge in [0.2, 0.25) is 5.91 Å². The average Bonchev–Trinajstić information content (AvgIpc) is 3.39. The average molecular weight is 428 g/mol. The molecule has 2 aliphatic heterocycles. The van der Waals surface area contributed by atoms with E-state index in [0.717, 1.165) is 42.4 Å². The van der Waals surface area contributed by atoms with Crippen LogP contribution in [0.3, 0.4) is 0 Å². The quantitative estimate of drug-likeness (QED) is 0.532. The molecule has 2 amide bonds. The van der Waals surface area contributed by atoms with Crippen LogP contribution in [-0.2, 0) is 16.1 Å². The summed E-state index contributed by atoms with van der Waals surface area (Å²) in [5.74, 6) is 0.479. The van der Waals surface area contributed by atoms with Gasteiger partial charge in [-0.15, -0.1) is 0 Å². The molecule has 0 N–H and O–H groups in total. The molecule has 1 aromatic heterocycles. The Hall–Kier alpha value is -2.12. The smallest absolute Gasteiger partial charge is 0.266 e. The first kappa shape index (κ1) is 20.2. The van der Waals surface area contributed by atoms with Crippen LogP contribution >= 0.6 is 24.0 Å². The SMILES string of the molecule is CC(C)CN1C(=O)/C(=C/c2cn(CC(=O)N3CCCC3)c3ccccc23)SC1=S. The lowest BCUT2D eigenvalue weighted by Gasteiger charge is -2.16. The van der Waals surface area contributed by atoms with Crippen LogP contribution in [0.15, 0.2) is 35.4 Å². The van der Waals surface area contributed by atoms with Gasteiger partial charge in [0.05, 0.1) is 4.91 Å². The molecule has 2 fully saturated rings. The number of carbonyl (C=O) groups is 2. The minimum Gasteiger partial charge on any atom is -0.341 e. The van der Waals surface area contributed by atoms with E-state index in [0.29, 0.717) is 28.2 Å². The highest BCUT2D eigenvalue weighted by Gasteiger charge is 2.32. The third-order valence-electron chi connectivity index (χ3n) is 5.29. The molecule has 0 unspecified atom stereocenters. The van der Waals surface area contributed by atoms with Crippen molar-refractivity contribution in [2.75, 3.05) is 19.6 Å². The van der Waals surface area contributed by atoms with Crippen molar-refractivity contribution in [2.24, 2.45) is 5.92 Å². The van der Waals surface area contributed by atoms with Crippen molar-refractivity contribution < 1.29 is 9.59 Å². The summed E-state index contributed by atoms with van der Waals surface area (Å²) in [7, 11) is 0. The predicted octanol–water partition coefficient (Wildman–Crippen LogP) is 4.12. The van der Waals surface area contributed by atoms with Gasteiger partial charge in [-0.3, -0.25) is 14.5 Å². The minimum atomic E-state index is -0.0290. The summed E-state index contributed by atoms with van der Waals surface area (Å²) in [6.07, 6.45) is 6.07. The Balaban J connectivity index is 1.64. The highest BCUT2D eigenvalue weighted by Crippen LogP contribution is 2.34. The lowest BCUT2D eigenvalue weighted by Crippen LogP contribution is -2.31. The van der Waals surface area contributed by atoms with Crippen LogP contribution in [0.2, 0.25) is 0 Å². The second kappa shape index (κ2) is 8.32. The van der Waals surface area contributed by atoms with Crippen molar-refractivity contribution in [3.63, 3.8) is 0 Å². The van der Waals surface area contributed by atoms with Crippen LogP contribution in [0.4, 0.5) is 0 Å². The van der Waals surface area contributed by atoms with E-state index < -0.39 is 0 Å². The van der Waals surface area contributed by atoms with E-state index in [4.69, 9.17) is 12.2 Å². The fraction of sp³-hybridized carbons (Fsp3) is 0.409. The summed E-state index contributed by atoms with van der Waals surface area (Å²) in [5, 5.41) is 1.04. The summed E-state index contributed by atoms with van der Waals surface area (Å²) in [4.78, 5) is 29.8. The Morgan fingerprint density at radius 2 is 1.97 bits per heavy atom. The molecule has 3 heterocycles. The minimum absolute atomic E-state index is 0.0290. The van der Waals surface area contributed by atoms with Crippen molar-refractivity contribution in [2.45, 2.75) is 33.2 Å². The van der Waals surface area contributed by atoms with Gasteiger partial charge in [0, 0.05) is 42.3 Å². The third kappa shape index (κ3) is 4.12. The number of hydrogen-bond acceptors (Lipinski definition) is 4. The first-order chi connectivity index (χ1) is 13.9. The molecule has 0 radical (unpaired) electrons. The monoisotopic (exact) mass is 427 g/mol. The number of thiocarbonyl (C=S) groups is 1. The van der Waals surface area contributed by atoms with Crippen LogP contribution in [0, 0.1) is 5.92 Å². The molecular weight excluding hydrogens is 402 g/mol. The van der Waals surface area contributed by atoms with Gasteiger partial charge in [-0.2, -0.15) is 0 Å². The van der Waals surface area contributed by atoms with Crippen LogP contribution in [0.1, 0.15) is 32.3 Å². The lowest BCUT2D eigenvalue weighted by atomic mass is 10.1. The Bertz CT molecular complexity index is 1000. The van der Waals surface area contributed by atoms with Gasteiger partial charge < -0.3 is 9.47 Å². The molecular formula is C22H25N3O2S2. The lowest BCUT2D eigenvalue weighted by molar-refractivity contribution is -0.130. The van der Waals surface area contributed by atoms with Crippen LogP contribution in [0.25, 0.3) is 17.0 Å².